The van der Waals surface area contributed by atoms with Crippen LogP contribution in [0.1, 0.15) is 27.3 Å². The molecule has 178 valence electrons. The minimum Gasteiger partial charge on any atom is -0.375 e. The van der Waals surface area contributed by atoms with Crippen LogP contribution in [0.25, 0.3) is 21.3 Å². The number of nitrogens with zero attached hydrogens (tertiary/aromatic N) is 3. The number of likely N-dealkylation sites (tertiary alicyclic amines) is 1. The number of fused-ring (bicyclic) bond motifs is 2. The van der Waals surface area contributed by atoms with Gasteiger partial charge in [0.05, 0.1) is 16.5 Å². The monoisotopic (exact) mass is 489 g/mol. The molecule has 35 heavy (non-hydrogen) atoms. The first-order chi connectivity index (χ1) is 16.9. The Bertz CT molecular complexity index is 1480. The van der Waals surface area contributed by atoms with E-state index in [4.69, 9.17) is 5.73 Å². The highest BCUT2D eigenvalue weighted by molar-refractivity contribution is 7.19. The molecule has 1 saturated carbocycles. The van der Waals surface area contributed by atoms with Crippen molar-refractivity contribution in [1.82, 2.24) is 19.8 Å². The molecule has 0 spiro atoms. The minimum atomic E-state index is -0.385. The number of nitrogens with one attached hydrogen (secondary N) is 1. The van der Waals surface area contributed by atoms with Crippen LogP contribution in [-0.4, -0.2) is 45.4 Å². The molecule has 1 aliphatic heterocycles. The third-order valence-electron chi connectivity index (χ3n) is 7.11. The van der Waals surface area contributed by atoms with Crippen LogP contribution in [-0.2, 0) is 7.05 Å². The third-order valence-corrected chi connectivity index (χ3v) is 8.04. The van der Waals surface area contributed by atoms with Crippen LogP contribution in [0.4, 0.5) is 9.52 Å². The number of hydrogen-bond acceptors (Lipinski definition) is 5. The van der Waals surface area contributed by atoms with Gasteiger partial charge >= 0.3 is 0 Å². The maximum absolute atomic E-state index is 13.8. The Morgan fingerprint density at radius 3 is 2.89 bits per heavy atom. The number of aromatic nitrogens is 2. The molecule has 6 rings (SSSR count). The molecule has 4 aromatic rings. The highest BCUT2D eigenvalue weighted by atomic mass is 32.1. The van der Waals surface area contributed by atoms with Crippen LogP contribution in [0.15, 0.2) is 54.7 Å². The van der Waals surface area contributed by atoms with Gasteiger partial charge in [-0.05, 0) is 42.0 Å². The van der Waals surface area contributed by atoms with Gasteiger partial charge in [0.1, 0.15) is 11.5 Å². The van der Waals surface area contributed by atoms with Gasteiger partial charge in [-0.25, -0.2) is 9.37 Å². The smallest absolute Gasteiger partial charge is 0.274 e. The summed E-state index contributed by atoms with van der Waals surface area (Å²) in [5, 5.41) is 4.22. The maximum Gasteiger partial charge on any atom is 0.274 e. The van der Waals surface area contributed by atoms with Crippen molar-refractivity contribution in [2.24, 2.45) is 18.9 Å². The molecule has 2 aromatic heterocycles. The van der Waals surface area contributed by atoms with Gasteiger partial charge in [-0.2, -0.15) is 0 Å². The number of nitrogens with two attached hydrogens (primary N) is 1. The number of benzene rings is 2. The fourth-order valence-electron chi connectivity index (χ4n) is 5.32. The third kappa shape index (κ3) is 3.76. The number of carbonyl (C=O) groups excluding carboxylic acids is 2. The molecule has 3 N–H and O–H groups in total. The summed E-state index contributed by atoms with van der Waals surface area (Å²) in [6.07, 6.45) is 2.88. The van der Waals surface area contributed by atoms with Crippen molar-refractivity contribution in [3.8, 4) is 10.4 Å². The van der Waals surface area contributed by atoms with Gasteiger partial charge in [-0.3, -0.25) is 9.59 Å². The lowest BCUT2D eigenvalue weighted by molar-refractivity contribution is 0.0691. The van der Waals surface area contributed by atoms with Crippen LogP contribution >= 0.6 is 11.3 Å². The van der Waals surface area contributed by atoms with Gasteiger partial charge in [0.25, 0.3) is 11.8 Å². The molecule has 0 bridgehead atoms. The molecule has 3 heterocycles. The van der Waals surface area contributed by atoms with E-state index in [1.165, 1.54) is 23.5 Å². The maximum atomic E-state index is 13.8. The molecule has 2 aromatic carbocycles. The Balaban J connectivity index is 1.23. The highest BCUT2D eigenvalue weighted by Gasteiger charge is 2.54. The molecular formula is C26H24FN5O2S. The van der Waals surface area contributed by atoms with Crippen LogP contribution in [0.5, 0.6) is 0 Å². The van der Waals surface area contributed by atoms with Crippen molar-refractivity contribution < 1.29 is 14.0 Å². The standard InChI is InChI=1S/C26H24FN5O2S/c1-31-13-19(17-7-2-3-8-20(17)31)24(33)29-11-21-18-10-15(18)12-32(21)25(34)22-23(35-26(28)30-22)14-5-4-6-16(27)9-14/h2-9,13,15,18,21H,10-12H2,1H3,(H2,28,30)(H,29,33)/t15-,18-,21+/m0/s1. The minimum absolute atomic E-state index is 0.116. The van der Waals surface area contributed by atoms with Crippen LogP contribution in [0.2, 0.25) is 0 Å². The first kappa shape index (κ1) is 21.8. The van der Waals surface area contributed by atoms with E-state index in [9.17, 15) is 14.0 Å². The second kappa shape index (κ2) is 8.20. The fraction of sp³-hybridized carbons (Fsp3) is 0.269. The summed E-state index contributed by atoms with van der Waals surface area (Å²) >= 11 is 1.18. The average Bonchev–Trinajstić information content (AvgIpc) is 3.18. The number of para-hydroxylation sites is 1. The van der Waals surface area contributed by atoms with Gasteiger partial charge in [-0.1, -0.05) is 41.7 Å². The molecule has 2 amide bonds. The second-order valence-electron chi connectivity index (χ2n) is 9.31. The number of halogens is 1. The normalized spacial score (nSPS) is 20.7. The first-order valence-corrected chi connectivity index (χ1v) is 12.4. The average molecular weight is 490 g/mol. The molecule has 0 radical (unpaired) electrons. The number of piperidine rings is 1. The molecular weight excluding hydrogens is 465 g/mol. The predicted molar refractivity (Wildman–Crippen MR) is 134 cm³/mol. The lowest BCUT2D eigenvalue weighted by Crippen LogP contribution is -2.45. The Hall–Kier alpha value is -3.72. The van der Waals surface area contributed by atoms with Gasteiger partial charge in [0.2, 0.25) is 0 Å². The number of thiazole rings is 1. The van der Waals surface area contributed by atoms with Crippen molar-refractivity contribution in [2.45, 2.75) is 12.5 Å². The van der Waals surface area contributed by atoms with E-state index >= 15 is 0 Å². The van der Waals surface area contributed by atoms with Crippen molar-refractivity contribution in [2.75, 3.05) is 18.8 Å². The number of rotatable bonds is 5. The van der Waals surface area contributed by atoms with Crippen molar-refractivity contribution in [3.05, 3.63) is 71.8 Å². The highest BCUT2D eigenvalue weighted by Crippen LogP contribution is 2.50. The predicted octanol–water partition coefficient (Wildman–Crippen LogP) is 3.91. The summed E-state index contributed by atoms with van der Waals surface area (Å²) in [7, 11) is 1.92. The second-order valence-corrected chi connectivity index (χ2v) is 10.3. The Morgan fingerprint density at radius 1 is 1.23 bits per heavy atom. The van der Waals surface area contributed by atoms with Gasteiger partial charge in [0.15, 0.2) is 5.13 Å². The molecule has 7 nitrogen and oxygen atoms in total. The molecule has 3 atom stereocenters. The molecule has 1 aliphatic carbocycles. The summed E-state index contributed by atoms with van der Waals surface area (Å²) in [5.74, 6) is 0.0298. The quantitative estimate of drug-likeness (QED) is 0.445. The Kier molecular flexibility index (Phi) is 5.10. The summed E-state index contributed by atoms with van der Waals surface area (Å²) in [6, 6.07) is 13.8. The Morgan fingerprint density at radius 2 is 2.06 bits per heavy atom. The molecule has 0 unspecified atom stereocenters. The van der Waals surface area contributed by atoms with Crippen molar-refractivity contribution in [1.29, 1.82) is 0 Å². The van der Waals surface area contributed by atoms with E-state index in [2.05, 4.69) is 10.3 Å². The lowest BCUT2D eigenvalue weighted by atomic mass is 10.1. The van der Waals surface area contributed by atoms with Crippen LogP contribution in [0, 0.1) is 17.7 Å². The van der Waals surface area contributed by atoms with Crippen molar-refractivity contribution in [3.63, 3.8) is 0 Å². The summed E-state index contributed by atoms with van der Waals surface area (Å²) in [6.45, 7) is 0.988. The van der Waals surface area contributed by atoms with Gasteiger partial charge in [-0.15, -0.1) is 0 Å². The van der Waals surface area contributed by atoms with E-state index in [1.807, 2.05) is 42.1 Å². The zero-order chi connectivity index (χ0) is 24.3. The van der Waals surface area contributed by atoms with Crippen molar-refractivity contribution >= 4 is 39.2 Å². The van der Waals surface area contributed by atoms with Crippen LogP contribution in [0.3, 0.4) is 0 Å². The van der Waals surface area contributed by atoms with Crippen LogP contribution < -0.4 is 11.1 Å². The van der Waals surface area contributed by atoms with E-state index in [-0.39, 0.29) is 34.5 Å². The molecule has 1 saturated heterocycles. The topological polar surface area (TPSA) is 93.2 Å². The van der Waals surface area contributed by atoms with Gasteiger partial charge < -0.3 is 20.5 Å². The number of carbonyl (C=O) groups is 2. The zero-order valence-corrected chi connectivity index (χ0v) is 19.9. The number of hydrogen-bond donors (Lipinski definition) is 2. The van der Waals surface area contributed by atoms with Gasteiger partial charge in [0, 0.05) is 37.2 Å². The van der Waals surface area contributed by atoms with E-state index in [0.29, 0.717) is 40.9 Å². The zero-order valence-electron chi connectivity index (χ0n) is 19.1. The first-order valence-electron chi connectivity index (χ1n) is 11.6. The summed E-state index contributed by atoms with van der Waals surface area (Å²) in [4.78, 5) is 33.4. The number of aryl methyl sites for hydroxylation is 1. The summed E-state index contributed by atoms with van der Waals surface area (Å²) in [5.41, 5.74) is 8.38. The molecule has 2 aliphatic rings. The largest absolute Gasteiger partial charge is 0.375 e. The number of anilines is 1. The van der Waals surface area contributed by atoms with E-state index in [0.717, 1.165) is 17.3 Å². The number of amides is 2. The summed E-state index contributed by atoms with van der Waals surface area (Å²) < 4.78 is 15.8. The fourth-order valence-corrected chi connectivity index (χ4v) is 6.15. The SMILES string of the molecule is Cn1cc(C(=O)NC[C@@H]2[C@H]3C[C@H]3CN2C(=O)c2nc(N)sc2-c2cccc(F)c2)c2ccccc21. The lowest BCUT2D eigenvalue weighted by Gasteiger charge is -2.27. The molecule has 9 heteroatoms. The number of nitrogen functional groups attached to an aromatic ring is 1. The Labute approximate surface area is 205 Å². The van der Waals surface area contributed by atoms with E-state index < -0.39 is 0 Å². The molecule has 2 fully saturated rings. The van der Waals surface area contributed by atoms with E-state index in [1.54, 1.807) is 17.0 Å².